The van der Waals surface area contributed by atoms with Crippen molar-refractivity contribution < 1.29 is 14.0 Å². The third kappa shape index (κ3) is 4.53. The third-order valence-corrected chi connectivity index (χ3v) is 4.27. The lowest BCUT2D eigenvalue weighted by Gasteiger charge is -2.33. The number of halogens is 1. The number of nitrogens with zero attached hydrogens (tertiary/aromatic N) is 4. The molecule has 3 rings (SSSR count). The molecule has 2 heterocycles. The first-order valence-corrected chi connectivity index (χ1v) is 8.44. The summed E-state index contributed by atoms with van der Waals surface area (Å²) in [5, 5.41) is 2.78. The van der Waals surface area contributed by atoms with Crippen LogP contribution in [0.3, 0.4) is 0 Å². The summed E-state index contributed by atoms with van der Waals surface area (Å²) >= 11 is 0. The fraction of sp³-hybridized carbons (Fsp3) is 0.333. The topological polar surface area (TPSA) is 78.4 Å². The third-order valence-electron chi connectivity index (χ3n) is 4.27. The maximum atomic E-state index is 12.9. The normalized spacial score (nSPS) is 14.2. The van der Waals surface area contributed by atoms with Gasteiger partial charge in [0.05, 0.1) is 12.4 Å². The van der Waals surface area contributed by atoms with E-state index in [1.54, 1.807) is 23.2 Å². The van der Waals surface area contributed by atoms with Gasteiger partial charge in [-0.2, -0.15) is 0 Å². The van der Waals surface area contributed by atoms with Crippen LogP contribution in [0.2, 0.25) is 0 Å². The zero-order valence-electron chi connectivity index (χ0n) is 14.3. The van der Waals surface area contributed by atoms with Crippen molar-refractivity contribution in [1.29, 1.82) is 0 Å². The Morgan fingerprint density at radius 1 is 1.12 bits per heavy atom. The Bertz CT molecular complexity index is 743. The number of carbonyl (C=O) groups excluding carboxylic acids is 2. The van der Waals surface area contributed by atoms with Crippen LogP contribution < -0.4 is 10.2 Å². The lowest BCUT2D eigenvalue weighted by atomic mass is 10.1. The number of piperazine rings is 1. The number of rotatable bonds is 6. The second kappa shape index (κ2) is 8.37. The average Bonchev–Trinajstić information content (AvgIpc) is 2.69. The van der Waals surface area contributed by atoms with Gasteiger partial charge < -0.3 is 15.1 Å². The van der Waals surface area contributed by atoms with Gasteiger partial charge in [0.1, 0.15) is 17.3 Å². The van der Waals surface area contributed by atoms with Crippen LogP contribution >= 0.6 is 0 Å². The van der Waals surface area contributed by atoms with Crippen molar-refractivity contribution in [1.82, 2.24) is 20.2 Å². The van der Waals surface area contributed by atoms with Gasteiger partial charge >= 0.3 is 0 Å². The fourth-order valence-corrected chi connectivity index (χ4v) is 2.72. The lowest BCUT2D eigenvalue weighted by molar-refractivity contribution is -0.118. The van der Waals surface area contributed by atoms with Gasteiger partial charge in [0.2, 0.25) is 6.41 Å². The molecular formula is C18H20FN5O2. The molecule has 0 unspecified atom stereocenters. The summed E-state index contributed by atoms with van der Waals surface area (Å²) in [6, 6.07) is 6.19. The second-order valence-corrected chi connectivity index (χ2v) is 6.02. The van der Waals surface area contributed by atoms with E-state index in [2.05, 4.69) is 15.3 Å². The minimum Gasteiger partial charge on any atom is -0.352 e. The molecule has 2 aromatic rings. The van der Waals surface area contributed by atoms with Crippen molar-refractivity contribution in [3.63, 3.8) is 0 Å². The average molecular weight is 357 g/mol. The number of hydrogen-bond donors (Lipinski definition) is 1. The summed E-state index contributed by atoms with van der Waals surface area (Å²) in [4.78, 5) is 35.1. The van der Waals surface area contributed by atoms with Crippen molar-refractivity contribution in [3.05, 3.63) is 53.7 Å². The molecule has 0 saturated carbocycles. The molecule has 1 aliphatic heterocycles. The van der Waals surface area contributed by atoms with Crippen molar-refractivity contribution in [2.24, 2.45) is 0 Å². The second-order valence-electron chi connectivity index (χ2n) is 6.02. The molecule has 1 fully saturated rings. The number of carbonyl (C=O) groups is 2. The molecule has 2 amide bonds. The Balaban J connectivity index is 1.49. The van der Waals surface area contributed by atoms with Crippen LogP contribution in [0.4, 0.5) is 10.2 Å². The van der Waals surface area contributed by atoms with Crippen LogP contribution in [0.25, 0.3) is 0 Å². The first kappa shape index (κ1) is 17.8. The summed E-state index contributed by atoms with van der Waals surface area (Å²) in [5.41, 5.74) is 1.20. The number of aromatic nitrogens is 2. The molecule has 1 N–H and O–H groups in total. The summed E-state index contributed by atoms with van der Waals surface area (Å²) in [6.45, 7) is 3.11. The Kier molecular flexibility index (Phi) is 5.73. The number of benzene rings is 1. The van der Waals surface area contributed by atoms with Crippen molar-refractivity contribution in [3.8, 4) is 0 Å². The number of amides is 2. The van der Waals surface area contributed by atoms with E-state index in [4.69, 9.17) is 0 Å². The molecular weight excluding hydrogens is 337 g/mol. The van der Waals surface area contributed by atoms with Gasteiger partial charge in [0.15, 0.2) is 0 Å². The molecule has 7 nitrogen and oxygen atoms in total. The molecule has 0 spiro atoms. The minimum absolute atomic E-state index is 0.249. The Hall–Kier alpha value is -3.03. The Morgan fingerprint density at radius 3 is 2.46 bits per heavy atom. The first-order chi connectivity index (χ1) is 12.7. The number of anilines is 1. The van der Waals surface area contributed by atoms with Gasteiger partial charge in [-0.05, 0) is 24.1 Å². The van der Waals surface area contributed by atoms with Crippen LogP contribution in [0.15, 0.2) is 36.7 Å². The molecule has 1 aliphatic rings. The molecule has 1 saturated heterocycles. The van der Waals surface area contributed by atoms with E-state index in [1.807, 2.05) is 4.90 Å². The summed E-state index contributed by atoms with van der Waals surface area (Å²) < 4.78 is 12.9. The molecule has 8 heteroatoms. The highest BCUT2D eigenvalue weighted by atomic mass is 19.1. The summed E-state index contributed by atoms with van der Waals surface area (Å²) in [7, 11) is 0. The van der Waals surface area contributed by atoms with Crippen LogP contribution in [0.5, 0.6) is 0 Å². The molecule has 1 aromatic heterocycles. The maximum Gasteiger partial charge on any atom is 0.271 e. The number of nitrogens with one attached hydrogen (secondary N) is 1. The van der Waals surface area contributed by atoms with E-state index in [9.17, 15) is 14.0 Å². The quantitative estimate of drug-likeness (QED) is 0.776. The monoisotopic (exact) mass is 357 g/mol. The lowest BCUT2D eigenvalue weighted by Crippen LogP contribution is -2.46. The molecule has 0 atom stereocenters. The van der Waals surface area contributed by atoms with Gasteiger partial charge in [-0.25, -0.2) is 14.4 Å². The predicted octanol–water partition coefficient (Wildman–Crippen LogP) is 0.867. The van der Waals surface area contributed by atoms with Crippen LogP contribution in [0, 0.1) is 5.82 Å². The highest BCUT2D eigenvalue weighted by Crippen LogP contribution is 2.11. The first-order valence-electron chi connectivity index (χ1n) is 8.44. The van der Waals surface area contributed by atoms with Gasteiger partial charge in [-0.3, -0.25) is 9.59 Å². The van der Waals surface area contributed by atoms with Crippen LogP contribution in [-0.4, -0.2) is 59.9 Å². The molecule has 26 heavy (non-hydrogen) atoms. The smallest absolute Gasteiger partial charge is 0.271 e. The molecule has 0 radical (unpaired) electrons. The van der Waals surface area contributed by atoms with Crippen molar-refractivity contribution in [2.45, 2.75) is 6.42 Å². The summed E-state index contributed by atoms with van der Waals surface area (Å²) in [6.07, 6.45) is 4.49. The van der Waals surface area contributed by atoms with Gasteiger partial charge in [0, 0.05) is 32.7 Å². The Morgan fingerprint density at radius 2 is 1.85 bits per heavy atom. The molecule has 1 aromatic carbocycles. The molecule has 136 valence electrons. The standard InChI is InChI=1S/C18H20FN5O2/c19-15-3-1-14(2-4-15)5-6-20-18(26)16-11-22-17(12-21-16)24-9-7-23(13-25)8-10-24/h1-4,11-13H,5-10H2,(H,20,26). The van der Waals surface area contributed by atoms with E-state index in [0.717, 1.165) is 12.0 Å². The SMILES string of the molecule is O=CN1CCN(c2cnc(C(=O)NCCc3ccc(F)cc3)cn2)CC1. The minimum atomic E-state index is -0.295. The zero-order valence-corrected chi connectivity index (χ0v) is 14.3. The van der Waals surface area contributed by atoms with Crippen molar-refractivity contribution >= 4 is 18.1 Å². The van der Waals surface area contributed by atoms with Crippen molar-refractivity contribution in [2.75, 3.05) is 37.6 Å². The van der Waals surface area contributed by atoms with Gasteiger partial charge in [-0.15, -0.1) is 0 Å². The maximum absolute atomic E-state index is 12.9. The van der Waals surface area contributed by atoms with Crippen LogP contribution in [-0.2, 0) is 11.2 Å². The van der Waals surface area contributed by atoms with E-state index < -0.39 is 0 Å². The molecule has 0 aliphatic carbocycles. The van der Waals surface area contributed by atoms with E-state index in [1.165, 1.54) is 18.3 Å². The van der Waals surface area contributed by atoms with Gasteiger partial charge in [-0.1, -0.05) is 12.1 Å². The van der Waals surface area contributed by atoms with E-state index in [0.29, 0.717) is 45.0 Å². The zero-order chi connectivity index (χ0) is 18.4. The largest absolute Gasteiger partial charge is 0.352 e. The fourth-order valence-electron chi connectivity index (χ4n) is 2.72. The predicted molar refractivity (Wildman–Crippen MR) is 94.3 cm³/mol. The summed E-state index contributed by atoms with van der Waals surface area (Å²) in [5.74, 6) is 0.121. The highest BCUT2D eigenvalue weighted by molar-refractivity contribution is 5.92. The Labute approximate surface area is 150 Å². The van der Waals surface area contributed by atoms with E-state index >= 15 is 0 Å². The highest BCUT2D eigenvalue weighted by Gasteiger charge is 2.17. The van der Waals surface area contributed by atoms with Gasteiger partial charge in [0.25, 0.3) is 5.91 Å². The van der Waals surface area contributed by atoms with E-state index in [-0.39, 0.29) is 17.4 Å². The molecule has 0 bridgehead atoms. The number of hydrogen-bond acceptors (Lipinski definition) is 5. The van der Waals surface area contributed by atoms with Crippen LogP contribution in [0.1, 0.15) is 16.1 Å².